The van der Waals surface area contributed by atoms with Gasteiger partial charge in [-0.1, -0.05) is 6.58 Å². The van der Waals surface area contributed by atoms with Gasteiger partial charge in [-0.2, -0.15) is 0 Å². The fourth-order valence-corrected chi connectivity index (χ4v) is 1.30. The fourth-order valence-electron chi connectivity index (χ4n) is 1.30. The Balaban J connectivity index is 2.42. The molecule has 2 aromatic rings. The third kappa shape index (κ3) is 1.80. The van der Waals surface area contributed by atoms with Gasteiger partial charge in [-0.3, -0.25) is 4.79 Å². The SMILES string of the molecule is C=CC(=O)Nc1ccc2[nH]c(=O)[nH]c2c1. The van der Waals surface area contributed by atoms with E-state index in [2.05, 4.69) is 21.9 Å². The zero-order chi connectivity index (χ0) is 10.8. The number of carbonyl (C=O) groups excluding carboxylic acids is 1. The van der Waals surface area contributed by atoms with Gasteiger partial charge in [0.1, 0.15) is 0 Å². The van der Waals surface area contributed by atoms with E-state index in [1.807, 2.05) is 0 Å². The summed E-state index contributed by atoms with van der Waals surface area (Å²) in [6, 6.07) is 5.09. The van der Waals surface area contributed by atoms with Crippen molar-refractivity contribution in [2.45, 2.75) is 0 Å². The Bertz CT molecular complexity index is 580. The van der Waals surface area contributed by atoms with Crippen LogP contribution >= 0.6 is 0 Å². The summed E-state index contributed by atoms with van der Waals surface area (Å²) in [5.74, 6) is -0.285. The van der Waals surface area contributed by atoms with Crippen LogP contribution in [-0.2, 0) is 4.79 Å². The number of carbonyl (C=O) groups is 1. The summed E-state index contributed by atoms with van der Waals surface area (Å²) < 4.78 is 0. The molecule has 0 atom stereocenters. The first-order valence-corrected chi connectivity index (χ1v) is 4.34. The number of anilines is 1. The third-order valence-corrected chi connectivity index (χ3v) is 1.97. The average Bonchev–Trinajstić information content (AvgIpc) is 2.57. The number of benzene rings is 1. The number of hydrogen-bond acceptors (Lipinski definition) is 2. The molecule has 0 aliphatic carbocycles. The van der Waals surface area contributed by atoms with Crippen LogP contribution in [0.1, 0.15) is 0 Å². The predicted octanol–water partition coefficient (Wildman–Crippen LogP) is 0.981. The summed E-state index contributed by atoms with van der Waals surface area (Å²) in [6.07, 6.45) is 1.18. The van der Waals surface area contributed by atoms with Crippen LogP contribution in [0, 0.1) is 0 Å². The van der Waals surface area contributed by atoms with E-state index in [-0.39, 0.29) is 11.6 Å². The van der Waals surface area contributed by atoms with Crippen LogP contribution < -0.4 is 11.0 Å². The smallest absolute Gasteiger partial charge is 0.322 e. The predicted molar refractivity (Wildman–Crippen MR) is 57.7 cm³/mol. The molecule has 1 amide bonds. The number of imidazole rings is 1. The van der Waals surface area contributed by atoms with Gasteiger partial charge in [0.2, 0.25) is 5.91 Å². The van der Waals surface area contributed by atoms with Crippen LogP contribution in [0.5, 0.6) is 0 Å². The lowest BCUT2D eigenvalue weighted by molar-refractivity contribution is -0.111. The first-order valence-electron chi connectivity index (χ1n) is 4.34. The summed E-state index contributed by atoms with van der Waals surface area (Å²) in [5, 5.41) is 2.60. The van der Waals surface area contributed by atoms with Crippen molar-refractivity contribution in [1.29, 1.82) is 0 Å². The van der Waals surface area contributed by atoms with Crippen LogP contribution in [0.2, 0.25) is 0 Å². The van der Waals surface area contributed by atoms with Gasteiger partial charge in [0.15, 0.2) is 0 Å². The van der Waals surface area contributed by atoms with Crippen LogP contribution in [-0.4, -0.2) is 15.9 Å². The summed E-state index contributed by atoms with van der Waals surface area (Å²) in [4.78, 5) is 27.2. The molecule has 15 heavy (non-hydrogen) atoms. The number of aromatic nitrogens is 2. The lowest BCUT2D eigenvalue weighted by Crippen LogP contribution is -2.06. The Labute approximate surface area is 84.8 Å². The Morgan fingerprint density at radius 1 is 1.33 bits per heavy atom. The van der Waals surface area contributed by atoms with Crippen molar-refractivity contribution in [1.82, 2.24) is 9.97 Å². The zero-order valence-electron chi connectivity index (χ0n) is 7.83. The van der Waals surface area contributed by atoms with Gasteiger partial charge in [0, 0.05) is 5.69 Å². The van der Waals surface area contributed by atoms with Crippen LogP contribution in [0.25, 0.3) is 11.0 Å². The number of fused-ring (bicyclic) bond motifs is 1. The molecule has 5 nitrogen and oxygen atoms in total. The highest BCUT2D eigenvalue weighted by Gasteiger charge is 2.01. The highest BCUT2D eigenvalue weighted by atomic mass is 16.1. The number of aromatic amines is 2. The van der Waals surface area contributed by atoms with Crippen molar-refractivity contribution >= 4 is 22.6 Å². The van der Waals surface area contributed by atoms with E-state index in [9.17, 15) is 9.59 Å². The van der Waals surface area contributed by atoms with Gasteiger partial charge in [0.25, 0.3) is 0 Å². The van der Waals surface area contributed by atoms with Gasteiger partial charge < -0.3 is 15.3 Å². The second-order valence-electron chi connectivity index (χ2n) is 3.03. The lowest BCUT2D eigenvalue weighted by Gasteiger charge is -2.00. The molecule has 76 valence electrons. The van der Waals surface area contributed by atoms with Crippen molar-refractivity contribution in [2.75, 3.05) is 5.32 Å². The molecule has 1 aromatic heterocycles. The fraction of sp³-hybridized carbons (Fsp3) is 0. The molecule has 0 unspecified atom stereocenters. The largest absolute Gasteiger partial charge is 0.323 e. The molecule has 0 bridgehead atoms. The number of nitrogens with one attached hydrogen (secondary N) is 3. The standard InChI is InChI=1S/C10H9N3O2/c1-2-9(14)11-6-3-4-7-8(5-6)13-10(15)12-7/h2-5H,1H2,(H,11,14)(H2,12,13,15). The Morgan fingerprint density at radius 2 is 2.07 bits per heavy atom. The van der Waals surface area contributed by atoms with Gasteiger partial charge in [-0.15, -0.1) is 0 Å². The van der Waals surface area contributed by atoms with E-state index in [0.717, 1.165) is 0 Å². The molecular weight excluding hydrogens is 194 g/mol. The van der Waals surface area contributed by atoms with Crippen molar-refractivity contribution in [2.24, 2.45) is 0 Å². The molecule has 1 aromatic carbocycles. The number of hydrogen-bond donors (Lipinski definition) is 3. The van der Waals surface area contributed by atoms with Crippen molar-refractivity contribution in [3.05, 3.63) is 41.3 Å². The maximum absolute atomic E-state index is 11.0. The van der Waals surface area contributed by atoms with E-state index < -0.39 is 0 Å². The van der Waals surface area contributed by atoms with Crippen LogP contribution in [0.4, 0.5) is 5.69 Å². The number of H-pyrrole nitrogens is 2. The van der Waals surface area contributed by atoms with Gasteiger partial charge in [-0.25, -0.2) is 4.79 Å². The van der Waals surface area contributed by atoms with Crippen molar-refractivity contribution in [3.8, 4) is 0 Å². The third-order valence-electron chi connectivity index (χ3n) is 1.97. The minimum Gasteiger partial charge on any atom is -0.322 e. The summed E-state index contributed by atoms with van der Waals surface area (Å²) in [6.45, 7) is 3.35. The second-order valence-corrected chi connectivity index (χ2v) is 3.03. The van der Waals surface area contributed by atoms with E-state index in [4.69, 9.17) is 0 Å². The van der Waals surface area contributed by atoms with Crippen molar-refractivity contribution < 1.29 is 4.79 Å². The molecule has 0 saturated heterocycles. The molecule has 0 spiro atoms. The highest BCUT2D eigenvalue weighted by Crippen LogP contribution is 2.14. The maximum atomic E-state index is 11.0. The van der Waals surface area contributed by atoms with Gasteiger partial charge in [0.05, 0.1) is 11.0 Å². The molecule has 0 fully saturated rings. The van der Waals surface area contributed by atoms with Gasteiger partial charge in [-0.05, 0) is 24.3 Å². The summed E-state index contributed by atoms with van der Waals surface area (Å²) in [7, 11) is 0. The minimum atomic E-state index is -0.285. The Morgan fingerprint density at radius 3 is 2.80 bits per heavy atom. The normalized spacial score (nSPS) is 10.1. The summed E-state index contributed by atoms with van der Waals surface area (Å²) in [5.41, 5.74) is 1.71. The van der Waals surface area contributed by atoms with Gasteiger partial charge >= 0.3 is 5.69 Å². The molecule has 3 N–H and O–H groups in total. The quantitative estimate of drug-likeness (QED) is 0.636. The van der Waals surface area contributed by atoms with E-state index in [0.29, 0.717) is 16.7 Å². The van der Waals surface area contributed by atoms with Crippen LogP contribution in [0.3, 0.4) is 0 Å². The maximum Gasteiger partial charge on any atom is 0.323 e. The molecule has 0 radical (unpaired) electrons. The monoisotopic (exact) mass is 203 g/mol. The lowest BCUT2D eigenvalue weighted by atomic mass is 10.3. The molecule has 0 aliphatic rings. The average molecular weight is 203 g/mol. The minimum absolute atomic E-state index is 0.266. The van der Waals surface area contributed by atoms with E-state index in [1.165, 1.54) is 6.08 Å². The topological polar surface area (TPSA) is 77.8 Å². The Kier molecular flexibility index (Phi) is 2.13. The zero-order valence-corrected chi connectivity index (χ0v) is 7.83. The molecule has 5 heteroatoms. The molecule has 0 aliphatic heterocycles. The molecule has 2 rings (SSSR count). The van der Waals surface area contributed by atoms with E-state index in [1.54, 1.807) is 18.2 Å². The Hall–Kier alpha value is -2.30. The van der Waals surface area contributed by atoms with E-state index >= 15 is 0 Å². The molecule has 0 saturated carbocycles. The molecular formula is C10H9N3O2. The number of amides is 1. The first-order chi connectivity index (χ1) is 7.19. The highest BCUT2D eigenvalue weighted by molar-refractivity contribution is 5.99. The van der Waals surface area contributed by atoms with Crippen LogP contribution in [0.15, 0.2) is 35.6 Å². The first kappa shape index (κ1) is 9.26. The number of rotatable bonds is 2. The van der Waals surface area contributed by atoms with Crippen molar-refractivity contribution in [3.63, 3.8) is 0 Å². The summed E-state index contributed by atoms with van der Waals surface area (Å²) >= 11 is 0. The molecule has 1 heterocycles. The second kappa shape index (κ2) is 3.45.